The Labute approximate surface area is 105 Å². The minimum Gasteiger partial charge on any atom is -0.505 e. The van der Waals surface area contributed by atoms with Crippen molar-refractivity contribution in [2.75, 3.05) is 7.11 Å². The summed E-state index contributed by atoms with van der Waals surface area (Å²) >= 11 is 0. The van der Waals surface area contributed by atoms with Crippen LogP contribution >= 0.6 is 0 Å². The first-order valence-electron chi connectivity index (χ1n) is 6.19. The number of benzene rings is 1. The van der Waals surface area contributed by atoms with Crippen molar-refractivity contribution in [1.29, 1.82) is 0 Å². The molecule has 0 aromatic heterocycles. The Balaban J connectivity index is 2.09. The van der Waals surface area contributed by atoms with Crippen molar-refractivity contribution in [2.45, 2.75) is 31.1 Å². The van der Waals surface area contributed by atoms with Crippen molar-refractivity contribution in [3.8, 4) is 5.75 Å². The molecule has 2 aliphatic rings. The van der Waals surface area contributed by atoms with Crippen LogP contribution in [0.25, 0.3) is 0 Å². The lowest BCUT2D eigenvalue weighted by Crippen LogP contribution is -2.23. The molecule has 2 atom stereocenters. The quantitative estimate of drug-likeness (QED) is 0.778. The molecule has 3 nitrogen and oxygen atoms in total. The zero-order valence-electron chi connectivity index (χ0n) is 10.2. The molecule has 0 amide bonds. The normalized spacial score (nSPS) is 28.9. The highest BCUT2D eigenvalue weighted by molar-refractivity contribution is 5.79. The summed E-state index contributed by atoms with van der Waals surface area (Å²) in [5.74, 6) is -1.41. The van der Waals surface area contributed by atoms with Gasteiger partial charge in [-0.05, 0) is 37.3 Å². The van der Waals surface area contributed by atoms with Gasteiger partial charge >= 0.3 is 5.97 Å². The average molecular weight is 250 g/mol. The summed E-state index contributed by atoms with van der Waals surface area (Å²) in [5.41, 5.74) is 1.04. The molecule has 1 spiro atoms. The fraction of sp³-hybridized carbons (Fsp3) is 0.500. The van der Waals surface area contributed by atoms with Crippen LogP contribution in [0.15, 0.2) is 12.1 Å². The second-order valence-electron chi connectivity index (χ2n) is 5.22. The van der Waals surface area contributed by atoms with Crippen molar-refractivity contribution < 1.29 is 19.0 Å². The first-order valence-corrected chi connectivity index (χ1v) is 6.19. The fourth-order valence-corrected chi connectivity index (χ4v) is 3.38. The molecule has 1 aromatic carbocycles. The van der Waals surface area contributed by atoms with Crippen LogP contribution in [-0.4, -0.2) is 18.2 Å². The number of hydrogen-bond acceptors (Lipinski definition) is 3. The molecule has 2 aliphatic carbocycles. The van der Waals surface area contributed by atoms with Gasteiger partial charge in [0.25, 0.3) is 0 Å². The van der Waals surface area contributed by atoms with E-state index in [1.54, 1.807) is 6.07 Å². The van der Waals surface area contributed by atoms with Gasteiger partial charge in [0.1, 0.15) is 0 Å². The summed E-state index contributed by atoms with van der Waals surface area (Å²) in [6, 6.07) is 3.16. The van der Waals surface area contributed by atoms with Gasteiger partial charge in [-0.1, -0.05) is 6.07 Å². The van der Waals surface area contributed by atoms with Crippen LogP contribution in [0.5, 0.6) is 5.75 Å². The number of rotatable bonds is 1. The standard InChI is InChI=1S/C14H15FO3/c1-18-13(17)9-7-14(9)6-2-3-8-4-5-10(16)12(15)11(8)14/h4-5,9,16H,2-3,6-7H2,1H3. The third-order valence-corrected chi connectivity index (χ3v) is 4.34. The average Bonchev–Trinajstić information content (AvgIpc) is 3.08. The predicted molar refractivity (Wildman–Crippen MR) is 62.8 cm³/mol. The molecule has 0 heterocycles. The van der Waals surface area contributed by atoms with Gasteiger partial charge in [0.05, 0.1) is 13.0 Å². The van der Waals surface area contributed by atoms with Crippen LogP contribution in [0.4, 0.5) is 4.39 Å². The van der Waals surface area contributed by atoms with Gasteiger partial charge in [0.15, 0.2) is 11.6 Å². The van der Waals surface area contributed by atoms with Crippen LogP contribution in [0.1, 0.15) is 30.4 Å². The number of aromatic hydroxyl groups is 1. The summed E-state index contributed by atoms with van der Waals surface area (Å²) < 4.78 is 18.9. The van der Waals surface area contributed by atoms with E-state index in [2.05, 4.69) is 0 Å². The Bertz CT molecular complexity index is 526. The van der Waals surface area contributed by atoms with Gasteiger partial charge in [-0.3, -0.25) is 4.79 Å². The lowest BCUT2D eigenvalue weighted by molar-refractivity contribution is -0.142. The number of methoxy groups -OCH3 is 1. The number of ether oxygens (including phenoxy) is 1. The highest BCUT2D eigenvalue weighted by Gasteiger charge is 2.62. The number of carbonyl (C=O) groups excluding carboxylic acids is 1. The molecule has 1 saturated carbocycles. The van der Waals surface area contributed by atoms with E-state index in [1.165, 1.54) is 13.2 Å². The number of phenols is 1. The van der Waals surface area contributed by atoms with Crippen LogP contribution < -0.4 is 0 Å². The minimum absolute atomic E-state index is 0.252. The molecule has 1 fully saturated rings. The van der Waals surface area contributed by atoms with E-state index in [0.29, 0.717) is 12.0 Å². The fourth-order valence-electron chi connectivity index (χ4n) is 3.38. The third kappa shape index (κ3) is 1.38. The van der Waals surface area contributed by atoms with Crippen LogP contribution in [0.3, 0.4) is 0 Å². The molecule has 2 unspecified atom stereocenters. The maximum absolute atomic E-state index is 14.2. The molecule has 3 rings (SSSR count). The maximum Gasteiger partial charge on any atom is 0.309 e. The number of carbonyl (C=O) groups is 1. The third-order valence-electron chi connectivity index (χ3n) is 4.34. The summed E-state index contributed by atoms with van der Waals surface area (Å²) in [4.78, 5) is 11.6. The Morgan fingerprint density at radius 2 is 2.33 bits per heavy atom. The monoisotopic (exact) mass is 250 g/mol. The lowest BCUT2D eigenvalue weighted by Gasteiger charge is -2.27. The van der Waals surface area contributed by atoms with Gasteiger partial charge in [-0.15, -0.1) is 0 Å². The van der Waals surface area contributed by atoms with E-state index >= 15 is 0 Å². The molecule has 0 saturated heterocycles. The van der Waals surface area contributed by atoms with Crippen LogP contribution in [-0.2, 0) is 21.4 Å². The topological polar surface area (TPSA) is 46.5 Å². The highest BCUT2D eigenvalue weighted by Crippen LogP contribution is 2.61. The largest absolute Gasteiger partial charge is 0.505 e. The van der Waals surface area contributed by atoms with E-state index in [1.807, 2.05) is 0 Å². The van der Waals surface area contributed by atoms with Gasteiger partial charge in [0.2, 0.25) is 0 Å². The number of aryl methyl sites for hydroxylation is 1. The molecule has 0 bridgehead atoms. The minimum atomic E-state index is -0.557. The van der Waals surface area contributed by atoms with Crippen LogP contribution in [0.2, 0.25) is 0 Å². The van der Waals surface area contributed by atoms with Crippen molar-refractivity contribution in [3.05, 3.63) is 29.1 Å². The summed E-state index contributed by atoms with van der Waals surface area (Å²) in [6.45, 7) is 0. The zero-order chi connectivity index (χ0) is 12.9. The number of hydrogen-bond donors (Lipinski definition) is 1. The Morgan fingerprint density at radius 1 is 1.56 bits per heavy atom. The summed E-state index contributed by atoms with van der Waals surface area (Å²) in [6.07, 6.45) is 3.18. The van der Waals surface area contributed by atoms with E-state index in [-0.39, 0.29) is 17.6 Å². The van der Waals surface area contributed by atoms with Gasteiger partial charge in [-0.2, -0.15) is 0 Å². The van der Waals surface area contributed by atoms with E-state index in [9.17, 15) is 14.3 Å². The highest BCUT2D eigenvalue weighted by atomic mass is 19.1. The molecule has 1 aromatic rings. The van der Waals surface area contributed by atoms with Crippen LogP contribution in [0, 0.1) is 11.7 Å². The maximum atomic E-state index is 14.2. The van der Waals surface area contributed by atoms with Crippen molar-refractivity contribution >= 4 is 5.97 Å². The molecule has 96 valence electrons. The van der Waals surface area contributed by atoms with Crippen molar-refractivity contribution in [1.82, 2.24) is 0 Å². The molecule has 4 heteroatoms. The van der Waals surface area contributed by atoms with E-state index < -0.39 is 11.2 Å². The van der Waals surface area contributed by atoms with Crippen molar-refractivity contribution in [2.24, 2.45) is 5.92 Å². The first kappa shape index (κ1) is 11.5. The summed E-state index contributed by atoms with van der Waals surface area (Å²) in [5, 5.41) is 9.53. The second-order valence-corrected chi connectivity index (χ2v) is 5.22. The first-order chi connectivity index (χ1) is 8.60. The molecular weight excluding hydrogens is 235 g/mol. The number of esters is 1. The smallest absolute Gasteiger partial charge is 0.309 e. The van der Waals surface area contributed by atoms with Gasteiger partial charge < -0.3 is 9.84 Å². The Kier molecular flexibility index (Phi) is 2.37. The zero-order valence-corrected chi connectivity index (χ0v) is 10.2. The molecular formula is C14H15FO3. The number of phenolic OH excluding ortho intramolecular Hbond substituents is 1. The van der Waals surface area contributed by atoms with Crippen molar-refractivity contribution in [3.63, 3.8) is 0 Å². The SMILES string of the molecule is COC(=O)C1CC12CCCc1ccc(O)c(F)c12. The van der Waals surface area contributed by atoms with Gasteiger partial charge in [-0.25, -0.2) is 4.39 Å². The molecule has 1 N–H and O–H groups in total. The molecule has 18 heavy (non-hydrogen) atoms. The number of halogens is 1. The lowest BCUT2D eigenvalue weighted by atomic mass is 9.78. The van der Waals surface area contributed by atoms with Gasteiger partial charge in [0, 0.05) is 11.0 Å². The van der Waals surface area contributed by atoms with E-state index in [4.69, 9.17) is 4.74 Å². The van der Waals surface area contributed by atoms with E-state index in [0.717, 1.165) is 24.8 Å². The molecule has 0 radical (unpaired) electrons. The predicted octanol–water partition coefficient (Wildman–Crippen LogP) is 2.30. The number of fused-ring (bicyclic) bond motifs is 2. The second kappa shape index (κ2) is 3.70. The Hall–Kier alpha value is -1.58. The summed E-state index contributed by atoms with van der Waals surface area (Å²) in [7, 11) is 1.36. The molecule has 0 aliphatic heterocycles. The Morgan fingerprint density at radius 3 is 3.06 bits per heavy atom.